The van der Waals surface area contributed by atoms with Crippen molar-refractivity contribution in [3.63, 3.8) is 0 Å². The van der Waals surface area contributed by atoms with E-state index in [0.29, 0.717) is 19.3 Å². The first kappa shape index (κ1) is 78.1. The van der Waals surface area contributed by atoms with E-state index in [4.69, 9.17) is 14.2 Å². The SMILES string of the molecule is CC/C=C\C/C=C\C/C=C\C/C=C\CCCCCCCCCCCCCCCCCCCCCCCCC(=O)OCC(COC(=O)CCCCCCCCCCCC)OC(=O)CCCCCCCCC/C=C\CCCCCCCCC. The van der Waals surface area contributed by atoms with Gasteiger partial charge < -0.3 is 14.2 Å². The molecular formula is C75H136O6. The van der Waals surface area contributed by atoms with Gasteiger partial charge in [-0.05, 0) is 83.5 Å². The van der Waals surface area contributed by atoms with Gasteiger partial charge in [0.1, 0.15) is 13.2 Å². The monoisotopic (exact) mass is 1130 g/mol. The van der Waals surface area contributed by atoms with Crippen LogP contribution in [-0.4, -0.2) is 37.2 Å². The summed E-state index contributed by atoms with van der Waals surface area (Å²) >= 11 is 0. The molecule has 0 radical (unpaired) electrons. The van der Waals surface area contributed by atoms with Crippen LogP contribution in [0.3, 0.4) is 0 Å². The summed E-state index contributed by atoms with van der Waals surface area (Å²) in [6.45, 7) is 6.57. The highest BCUT2D eigenvalue weighted by Gasteiger charge is 2.19. The maximum atomic E-state index is 12.9. The zero-order chi connectivity index (χ0) is 58.5. The Labute approximate surface area is 504 Å². The molecule has 0 rings (SSSR count). The minimum Gasteiger partial charge on any atom is -0.462 e. The number of unbranched alkanes of at least 4 members (excludes halogenated alkanes) is 45. The second-order valence-electron chi connectivity index (χ2n) is 24.1. The van der Waals surface area contributed by atoms with Gasteiger partial charge in [-0.3, -0.25) is 14.4 Å². The van der Waals surface area contributed by atoms with Gasteiger partial charge in [0.25, 0.3) is 0 Å². The van der Waals surface area contributed by atoms with Crippen LogP contribution in [0.4, 0.5) is 0 Å². The fraction of sp³-hybridized carbons (Fsp3) is 0.827. The van der Waals surface area contributed by atoms with E-state index < -0.39 is 6.10 Å². The minimum atomic E-state index is -0.771. The topological polar surface area (TPSA) is 78.9 Å². The van der Waals surface area contributed by atoms with Gasteiger partial charge in [-0.15, -0.1) is 0 Å². The summed E-state index contributed by atoms with van der Waals surface area (Å²) in [4.78, 5) is 38.3. The number of ether oxygens (including phenoxy) is 3. The van der Waals surface area contributed by atoms with Crippen LogP contribution in [0.5, 0.6) is 0 Å². The molecule has 6 nitrogen and oxygen atoms in total. The van der Waals surface area contributed by atoms with E-state index in [1.54, 1.807) is 0 Å². The Bertz CT molecular complexity index is 1440. The Morgan fingerprint density at radius 1 is 0.259 bits per heavy atom. The van der Waals surface area contributed by atoms with E-state index in [1.807, 2.05) is 0 Å². The average Bonchev–Trinajstić information content (AvgIpc) is 3.47. The van der Waals surface area contributed by atoms with Crippen LogP contribution in [0.15, 0.2) is 60.8 Å². The van der Waals surface area contributed by atoms with Gasteiger partial charge in [0.15, 0.2) is 6.10 Å². The summed E-state index contributed by atoms with van der Waals surface area (Å²) in [5, 5.41) is 0. The van der Waals surface area contributed by atoms with E-state index in [9.17, 15) is 14.4 Å². The molecule has 0 saturated heterocycles. The molecular weight excluding hydrogens is 997 g/mol. The van der Waals surface area contributed by atoms with Crippen molar-refractivity contribution in [3.8, 4) is 0 Å². The summed E-state index contributed by atoms with van der Waals surface area (Å²) in [6.07, 6.45) is 89.9. The lowest BCUT2D eigenvalue weighted by molar-refractivity contribution is -0.167. The number of carbonyl (C=O) groups excluding carboxylic acids is 3. The predicted molar refractivity (Wildman–Crippen MR) is 353 cm³/mol. The maximum absolute atomic E-state index is 12.9. The summed E-state index contributed by atoms with van der Waals surface area (Å²) in [6, 6.07) is 0. The van der Waals surface area contributed by atoms with Crippen LogP contribution in [0, 0.1) is 0 Å². The Balaban J connectivity index is 4.04. The van der Waals surface area contributed by atoms with Crippen LogP contribution in [0.1, 0.15) is 380 Å². The van der Waals surface area contributed by atoms with Gasteiger partial charge in [-0.2, -0.15) is 0 Å². The van der Waals surface area contributed by atoms with Gasteiger partial charge in [-0.1, -0.05) is 338 Å². The van der Waals surface area contributed by atoms with Crippen molar-refractivity contribution in [2.45, 2.75) is 386 Å². The molecule has 0 N–H and O–H groups in total. The molecule has 0 aromatic rings. The zero-order valence-electron chi connectivity index (χ0n) is 54.3. The number of hydrogen-bond acceptors (Lipinski definition) is 6. The summed E-state index contributed by atoms with van der Waals surface area (Å²) in [5.74, 6) is -0.850. The van der Waals surface area contributed by atoms with Crippen molar-refractivity contribution in [2.75, 3.05) is 13.2 Å². The van der Waals surface area contributed by atoms with Crippen LogP contribution in [0.25, 0.3) is 0 Å². The van der Waals surface area contributed by atoms with Crippen molar-refractivity contribution in [2.24, 2.45) is 0 Å². The average molecular weight is 1130 g/mol. The highest BCUT2D eigenvalue weighted by molar-refractivity contribution is 5.71. The normalized spacial score (nSPS) is 12.4. The lowest BCUT2D eigenvalue weighted by Gasteiger charge is -2.18. The number of rotatable bonds is 66. The van der Waals surface area contributed by atoms with Crippen LogP contribution in [-0.2, 0) is 28.6 Å². The first-order valence-corrected chi connectivity index (χ1v) is 35.8. The zero-order valence-corrected chi connectivity index (χ0v) is 54.3. The Morgan fingerprint density at radius 2 is 0.481 bits per heavy atom. The van der Waals surface area contributed by atoms with Crippen molar-refractivity contribution in [1.82, 2.24) is 0 Å². The number of esters is 3. The molecule has 1 atom stereocenters. The molecule has 472 valence electrons. The van der Waals surface area contributed by atoms with E-state index in [-0.39, 0.29) is 31.1 Å². The predicted octanol–water partition coefficient (Wildman–Crippen LogP) is 24.7. The number of allylic oxidation sites excluding steroid dienone is 10. The summed E-state index contributed by atoms with van der Waals surface area (Å²) in [7, 11) is 0. The lowest BCUT2D eigenvalue weighted by Crippen LogP contribution is -2.30. The van der Waals surface area contributed by atoms with Gasteiger partial charge in [-0.25, -0.2) is 0 Å². The number of hydrogen-bond donors (Lipinski definition) is 0. The number of carbonyl (C=O) groups is 3. The molecule has 0 saturated carbocycles. The van der Waals surface area contributed by atoms with Crippen molar-refractivity contribution >= 4 is 17.9 Å². The molecule has 6 heteroatoms. The van der Waals surface area contributed by atoms with E-state index >= 15 is 0 Å². The smallest absolute Gasteiger partial charge is 0.306 e. The molecule has 0 aliphatic heterocycles. The third kappa shape index (κ3) is 67.8. The standard InChI is InChI=1S/C75H136O6/c1-4-7-10-13-16-19-22-24-26-28-30-31-32-33-34-35-36-37-38-39-40-41-42-43-44-45-46-48-49-51-53-56-59-62-65-68-74(77)80-71-72(70-79-73(76)67-64-61-58-55-21-18-15-12-9-6-3)81-75(78)69-66-63-60-57-54-52-50-47-29-27-25-23-20-17-14-11-8-5-2/h7,10,16,19,24,26-27,29-31,72H,4-6,8-9,11-15,17-18,20-23,25,28,32-71H2,1-3H3/b10-7-,19-16-,26-24-,29-27-,31-30-. The van der Waals surface area contributed by atoms with E-state index in [1.165, 1.54) is 257 Å². The van der Waals surface area contributed by atoms with Gasteiger partial charge >= 0.3 is 17.9 Å². The Kier molecular flexibility index (Phi) is 67.1. The van der Waals surface area contributed by atoms with Gasteiger partial charge in [0, 0.05) is 19.3 Å². The molecule has 0 amide bonds. The second kappa shape index (κ2) is 69.6. The largest absolute Gasteiger partial charge is 0.462 e. The molecule has 0 aromatic heterocycles. The molecule has 0 fully saturated rings. The molecule has 0 heterocycles. The highest BCUT2D eigenvalue weighted by Crippen LogP contribution is 2.18. The van der Waals surface area contributed by atoms with E-state index in [2.05, 4.69) is 81.5 Å². The lowest BCUT2D eigenvalue weighted by atomic mass is 10.0. The van der Waals surface area contributed by atoms with Gasteiger partial charge in [0.2, 0.25) is 0 Å². The Hall–Kier alpha value is -2.89. The highest BCUT2D eigenvalue weighted by atomic mass is 16.6. The molecule has 0 spiro atoms. The minimum absolute atomic E-state index is 0.0692. The quantitative estimate of drug-likeness (QED) is 0.0261. The molecule has 0 aromatic carbocycles. The molecule has 0 aliphatic carbocycles. The van der Waals surface area contributed by atoms with Crippen LogP contribution in [0.2, 0.25) is 0 Å². The van der Waals surface area contributed by atoms with Crippen molar-refractivity contribution in [1.29, 1.82) is 0 Å². The molecule has 1 unspecified atom stereocenters. The van der Waals surface area contributed by atoms with Crippen molar-refractivity contribution < 1.29 is 28.6 Å². The second-order valence-corrected chi connectivity index (χ2v) is 24.1. The first-order valence-electron chi connectivity index (χ1n) is 35.8. The summed E-state index contributed by atoms with van der Waals surface area (Å²) < 4.78 is 16.9. The Morgan fingerprint density at radius 3 is 0.765 bits per heavy atom. The first-order chi connectivity index (χ1) is 40.0. The molecule has 81 heavy (non-hydrogen) atoms. The van der Waals surface area contributed by atoms with E-state index in [0.717, 1.165) is 83.5 Å². The van der Waals surface area contributed by atoms with Crippen LogP contribution >= 0.6 is 0 Å². The molecule has 0 aliphatic rings. The summed E-state index contributed by atoms with van der Waals surface area (Å²) in [5.41, 5.74) is 0. The third-order valence-corrected chi connectivity index (χ3v) is 16.0. The van der Waals surface area contributed by atoms with Crippen LogP contribution < -0.4 is 0 Å². The maximum Gasteiger partial charge on any atom is 0.306 e. The van der Waals surface area contributed by atoms with Gasteiger partial charge in [0.05, 0.1) is 0 Å². The third-order valence-electron chi connectivity index (χ3n) is 16.0. The van der Waals surface area contributed by atoms with Crippen molar-refractivity contribution in [3.05, 3.63) is 60.8 Å². The fourth-order valence-electron chi connectivity index (χ4n) is 10.7. The molecule has 0 bridgehead atoms. The fourth-order valence-corrected chi connectivity index (χ4v) is 10.7.